The van der Waals surface area contributed by atoms with Crippen molar-refractivity contribution in [3.05, 3.63) is 69.6 Å². The molecule has 0 spiro atoms. The lowest BCUT2D eigenvalue weighted by Gasteiger charge is -2.11. The van der Waals surface area contributed by atoms with Crippen LogP contribution in [-0.4, -0.2) is 33.8 Å². The van der Waals surface area contributed by atoms with Crippen LogP contribution in [0, 0.1) is 13.8 Å². The molecule has 6 heteroatoms. The van der Waals surface area contributed by atoms with Crippen molar-refractivity contribution < 1.29 is 9.84 Å². The summed E-state index contributed by atoms with van der Waals surface area (Å²) in [6.45, 7) is 10.2. The molecule has 176 valence electrons. The van der Waals surface area contributed by atoms with E-state index < -0.39 is 0 Å². The highest BCUT2D eigenvalue weighted by molar-refractivity contribution is 6.30. The SMILES string of the molecule is C=Cc1nc(Cl)c2c(n1)C(=CCc1ncc(C)c(OC)c1C)CC2CC=C(CCC)CCO. The number of aliphatic hydroxyl groups excluding tert-OH is 1. The Labute approximate surface area is 202 Å². The Balaban J connectivity index is 1.95. The van der Waals surface area contributed by atoms with Gasteiger partial charge in [0.05, 0.1) is 18.5 Å². The molecular formula is C27H34ClN3O2. The summed E-state index contributed by atoms with van der Waals surface area (Å²) >= 11 is 6.63. The van der Waals surface area contributed by atoms with Gasteiger partial charge in [-0.15, -0.1) is 0 Å². The second kappa shape index (κ2) is 11.6. The van der Waals surface area contributed by atoms with E-state index in [-0.39, 0.29) is 12.5 Å². The van der Waals surface area contributed by atoms with Gasteiger partial charge in [-0.2, -0.15) is 0 Å². The van der Waals surface area contributed by atoms with Gasteiger partial charge >= 0.3 is 0 Å². The van der Waals surface area contributed by atoms with Gasteiger partial charge in [0.25, 0.3) is 0 Å². The maximum atomic E-state index is 9.40. The zero-order valence-electron chi connectivity index (χ0n) is 20.1. The molecule has 0 radical (unpaired) electrons. The van der Waals surface area contributed by atoms with Crippen LogP contribution in [0.3, 0.4) is 0 Å². The second-order valence-electron chi connectivity index (χ2n) is 8.54. The van der Waals surface area contributed by atoms with E-state index in [1.54, 1.807) is 13.2 Å². The van der Waals surface area contributed by atoms with Crippen LogP contribution >= 0.6 is 11.6 Å². The van der Waals surface area contributed by atoms with Crippen LogP contribution in [0.5, 0.6) is 5.75 Å². The smallest absolute Gasteiger partial charge is 0.153 e. The van der Waals surface area contributed by atoms with Gasteiger partial charge in [0.15, 0.2) is 5.82 Å². The first kappa shape index (κ1) is 25.1. The Morgan fingerprint density at radius 2 is 2.09 bits per heavy atom. The largest absolute Gasteiger partial charge is 0.496 e. The zero-order chi connectivity index (χ0) is 24.0. The lowest BCUT2D eigenvalue weighted by atomic mass is 9.96. The summed E-state index contributed by atoms with van der Waals surface area (Å²) in [6, 6.07) is 0. The number of ether oxygens (including phenoxy) is 1. The topological polar surface area (TPSA) is 68.1 Å². The van der Waals surface area contributed by atoms with Crippen molar-refractivity contribution in [3.8, 4) is 5.75 Å². The van der Waals surface area contributed by atoms with Crippen molar-refractivity contribution in [1.82, 2.24) is 15.0 Å². The highest BCUT2D eigenvalue weighted by atomic mass is 35.5. The van der Waals surface area contributed by atoms with Crippen molar-refractivity contribution >= 4 is 23.3 Å². The molecule has 0 aliphatic heterocycles. The lowest BCUT2D eigenvalue weighted by Crippen LogP contribution is -2.01. The van der Waals surface area contributed by atoms with Crippen LogP contribution in [-0.2, 0) is 6.42 Å². The Morgan fingerprint density at radius 3 is 2.76 bits per heavy atom. The number of fused-ring (bicyclic) bond motifs is 1. The number of halogens is 1. The third-order valence-corrected chi connectivity index (χ3v) is 6.55. The highest BCUT2D eigenvalue weighted by Crippen LogP contribution is 2.45. The molecule has 0 saturated carbocycles. The molecule has 1 aliphatic rings. The summed E-state index contributed by atoms with van der Waals surface area (Å²) in [7, 11) is 1.70. The van der Waals surface area contributed by atoms with Gasteiger partial charge in [0.2, 0.25) is 0 Å². The average molecular weight is 468 g/mol. The minimum atomic E-state index is 0.178. The molecule has 0 fully saturated rings. The van der Waals surface area contributed by atoms with Crippen LogP contribution in [0.4, 0.5) is 0 Å². The predicted molar refractivity (Wildman–Crippen MR) is 136 cm³/mol. The van der Waals surface area contributed by atoms with E-state index in [0.717, 1.165) is 71.5 Å². The van der Waals surface area contributed by atoms with Crippen LogP contribution in [0.15, 0.2) is 30.5 Å². The molecule has 0 aromatic carbocycles. The zero-order valence-corrected chi connectivity index (χ0v) is 20.9. The molecule has 2 aromatic rings. The summed E-state index contributed by atoms with van der Waals surface area (Å²) in [5.74, 6) is 1.64. The number of allylic oxidation sites excluding steroid dienone is 3. The molecular weight excluding hydrogens is 434 g/mol. The Bertz CT molecular complexity index is 1070. The molecule has 1 N–H and O–H groups in total. The molecule has 2 aromatic heterocycles. The number of rotatable bonds is 10. The summed E-state index contributed by atoms with van der Waals surface area (Å²) in [4.78, 5) is 13.8. The average Bonchev–Trinajstić information content (AvgIpc) is 3.15. The molecule has 0 saturated heterocycles. The number of aryl methyl sites for hydroxylation is 1. The fourth-order valence-electron chi connectivity index (χ4n) is 4.60. The van der Waals surface area contributed by atoms with Crippen molar-refractivity contribution in [2.75, 3.05) is 13.7 Å². The first-order valence-corrected chi connectivity index (χ1v) is 12.0. The van der Waals surface area contributed by atoms with Gasteiger partial charge in [0.1, 0.15) is 10.9 Å². The predicted octanol–water partition coefficient (Wildman–Crippen LogP) is 6.41. The van der Waals surface area contributed by atoms with Crippen LogP contribution < -0.4 is 4.74 Å². The monoisotopic (exact) mass is 467 g/mol. The summed E-state index contributed by atoms with van der Waals surface area (Å²) < 4.78 is 5.57. The standard InChI is InChI=1S/C27H34ClN3O2/c1-6-8-19(13-14-32)9-10-20-15-21(25-24(20)27(28)31-23(7-2)30-25)11-12-22-18(4)26(33-5)17(3)16-29-22/h7,9,11,16,20,32H,2,6,8,10,12-15H2,1,3-5H3. The number of aromatic nitrogens is 3. The van der Waals surface area contributed by atoms with E-state index in [0.29, 0.717) is 17.4 Å². The molecule has 2 heterocycles. The Hall–Kier alpha value is -2.50. The highest BCUT2D eigenvalue weighted by Gasteiger charge is 2.31. The second-order valence-corrected chi connectivity index (χ2v) is 8.90. The molecule has 1 aliphatic carbocycles. The van der Waals surface area contributed by atoms with Crippen LogP contribution in [0.2, 0.25) is 5.15 Å². The number of hydrogen-bond donors (Lipinski definition) is 1. The number of pyridine rings is 1. The molecule has 0 bridgehead atoms. The molecule has 3 rings (SSSR count). The first-order chi connectivity index (χ1) is 15.9. The van der Waals surface area contributed by atoms with Gasteiger partial charge in [-0.05, 0) is 57.1 Å². The van der Waals surface area contributed by atoms with Gasteiger partial charge in [-0.1, -0.05) is 49.2 Å². The van der Waals surface area contributed by atoms with E-state index in [4.69, 9.17) is 21.3 Å². The van der Waals surface area contributed by atoms with Gasteiger partial charge in [-0.3, -0.25) is 4.98 Å². The molecule has 1 unspecified atom stereocenters. The van der Waals surface area contributed by atoms with E-state index in [1.807, 2.05) is 20.0 Å². The van der Waals surface area contributed by atoms with Crippen molar-refractivity contribution in [2.24, 2.45) is 0 Å². The van der Waals surface area contributed by atoms with Crippen LogP contribution in [0.1, 0.15) is 78.8 Å². The molecule has 0 amide bonds. The normalized spacial score (nSPS) is 16.8. The van der Waals surface area contributed by atoms with E-state index >= 15 is 0 Å². The molecule has 33 heavy (non-hydrogen) atoms. The molecule has 1 atom stereocenters. The Kier molecular flexibility index (Phi) is 8.81. The fraction of sp³-hybridized carbons (Fsp3) is 0.444. The third-order valence-electron chi connectivity index (χ3n) is 6.26. The number of nitrogens with zero attached hydrogens (tertiary/aromatic N) is 3. The first-order valence-electron chi connectivity index (χ1n) is 11.6. The maximum Gasteiger partial charge on any atom is 0.153 e. The molecule has 5 nitrogen and oxygen atoms in total. The minimum absolute atomic E-state index is 0.178. The van der Waals surface area contributed by atoms with E-state index in [9.17, 15) is 5.11 Å². The number of aliphatic hydroxyl groups is 1. The summed E-state index contributed by atoms with van der Waals surface area (Å²) in [6.07, 6.45) is 13.2. The maximum absolute atomic E-state index is 9.40. The van der Waals surface area contributed by atoms with Gasteiger partial charge in [0, 0.05) is 35.9 Å². The van der Waals surface area contributed by atoms with Crippen LogP contribution in [0.25, 0.3) is 11.6 Å². The van der Waals surface area contributed by atoms with Gasteiger partial charge in [-0.25, -0.2) is 9.97 Å². The fourth-order valence-corrected chi connectivity index (χ4v) is 4.93. The van der Waals surface area contributed by atoms with Crippen molar-refractivity contribution in [2.45, 2.75) is 65.2 Å². The van der Waals surface area contributed by atoms with E-state index in [2.05, 4.69) is 35.6 Å². The van der Waals surface area contributed by atoms with E-state index in [1.165, 1.54) is 5.57 Å². The lowest BCUT2D eigenvalue weighted by molar-refractivity contribution is 0.297. The van der Waals surface area contributed by atoms with Crippen molar-refractivity contribution in [3.63, 3.8) is 0 Å². The quantitative estimate of drug-likeness (QED) is 0.323. The minimum Gasteiger partial charge on any atom is -0.496 e. The summed E-state index contributed by atoms with van der Waals surface area (Å²) in [5, 5.41) is 9.90. The third kappa shape index (κ3) is 5.71. The van der Waals surface area contributed by atoms with Crippen molar-refractivity contribution in [1.29, 1.82) is 0 Å². The number of methoxy groups -OCH3 is 1. The number of hydrogen-bond acceptors (Lipinski definition) is 5. The van der Waals surface area contributed by atoms with Gasteiger partial charge < -0.3 is 9.84 Å². The Morgan fingerprint density at radius 1 is 1.30 bits per heavy atom. The summed E-state index contributed by atoms with van der Waals surface area (Å²) in [5.41, 5.74) is 7.47.